The molecule has 3 atom stereocenters. The number of carboxylic acid groups (broad SMARTS) is 1. The summed E-state index contributed by atoms with van der Waals surface area (Å²) in [5.41, 5.74) is 6.68. The maximum absolute atomic E-state index is 11.3. The fourth-order valence-electron chi connectivity index (χ4n) is 3.52. The largest absolute Gasteiger partial charge is 0.481 e. The van der Waals surface area contributed by atoms with E-state index in [0.717, 1.165) is 18.5 Å². The number of carbonyl (C=O) groups is 2. The number of aliphatic carboxylic acids is 1. The van der Waals surface area contributed by atoms with Gasteiger partial charge < -0.3 is 15.7 Å². The van der Waals surface area contributed by atoms with Crippen LogP contribution in [-0.2, 0) is 4.79 Å². The maximum atomic E-state index is 11.3. The Balaban J connectivity index is 1.93. The molecule has 2 aliphatic heterocycles. The summed E-state index contributed by atoms with van der Waals surface area (Å²) in [6.07, 6.45) is 2.65. The first-order valence-electron chi connectivity index (χ1n) is 6.59. The van der Waals surface area contributed by atoms with Crippen LogP contribution in [0.3, 0.4) is 0 Å². The number of hydrogen-bond donors (Lipinski definition) is 2. The predicted octanol–water partition coefficient (Wildman–Crippen LogP) is 1.99. The molecule has 3 N–H and O–H groups in total. The molecule has 2 heterocycles. The summed E-state index contributed by atoms with van der Waals surface area (Å²) in [6, 6.07) is 5.74. The molecule has 6 heteroatoms. The Morgan fingerprint density at radius 2 is 2.10 bits per heavy atom. The molecule has 2 aliphatic rings. The lowest BCUT2D eigenvalue weighted by molar-refractivity contribution is -0.142. The Morgan fingerprint density at radius 1 is 1.35 bits per heavy atom. The second-order valence-electron chi connectivity index (χ2n) is 5.41. The van der Waals surface area contributed by atoms with Crippen LogP contribution in [0.1, 0.15) is 29.6 Å². The molecule has 1 aromatic carbocycles. The highest BCUT2D eigenvalue weighted by atomic mass is 79.9. The second kappa shape index (κ2) is 4.77. The zero-order valence-electron chi connectivity index (χ0n) is 10.8. The summed E-state index contributed by atoms with van der Waals surface area (Å²) in [7, 11) is 0. The molecule has 5 nitrogen and oxygen atoms in total. The zero-order valence-corrected chi connectivity index (χ0v) is 12.3. The highest BCUT2D eigenvalue weighted by molar-refractivity contribution is 9.10. The van der Waals surface area contributed by atoms with Gasteiger partial charge >= 0.3 is 5.97 Å². The maximum Gasteiger partial charge on any atom is 0.308 e. The normalized spacial score (nSPS) is 27.9. The van der Waals surface area contributed by atoms with Crippen molar-refractivity contribution in [2.75, 3.05) is 4.90 Å². The molecule has 0 aromatic heterocycles. The number of hydrogen-bond acceptors (Lipinski definition) is 3. The van der Waals surface area contributed by atoms with Crippen LogP contribution in [0, 0.1) is 5.92 Å². The number of anilines is 1. The number of carboxylic acids is 1. The van der Waals surface area contributed by atoms with Gasteiger partial charge in [-0.25, -0.2) is 0 Å². The third kappa shape index (κ3) is 1.98. The summed E-state index contributed by atoms with van der Waals surface area (Å²) in [6.45, 7) is 0. The molecule has 1 aromatic rings. The van der Waals surface area contributed by atoms with Gasteiger partial charge in [0.05, 0.1) is 11.5 Å². The van der Waals surface area contributed by atoms with Crippen molar-refractivity contribution >= 4 is 33.5 Å². The minimum Gasteiger partial charge on any atom is -0.481 e. The molecule has 2 bridgehead atoms. The Kier molecular flexibility index (Phi) is 3.20. The first kappa shape index (κ1) is 13.4. The first-order chi connectivity index (χ1) is 9.49. The lowest BCUT2D eigenvalue weighted by atomic mass is 9.89. The summed E-state index contributed by atoms with van der Waals surface area (Å²) >= 11 is 3.36. The van der Waals surface area contributed by atoms with Gasteiger partial charge in [0.25, 0.3) is 0 Å². The van der Waals surface area contributed by atoms with Crippen molar-refractivity contribution in [3.63, 3.8) is 0 Å². The molecule has 0 radical (unpaired) electrons. The van der Waals surface area contributed by atoms with E-state index in [1.54, 1.807) is 6.07 Å². The number of halogens is 1. The Morgan fingerprint density at radius 3 is 2.65 bits per heavy atom. The fourth-order valence-corrected chi connectivity index (χ4v) is 4.08. The lowest BCUT2D eigenvalue weighted by Gasteiger charge is -2.25. The molecule has 0 saturated carbocycles. The van der Waals surface area contributed by atoms with E-state index in [1.165, 1.54) is 0 Å². The van der Waals surface area contributed by atoms with E-state index in [0.29, 0.717) is 16.5 Å². The van der Waals surface area contributed by atoms with Crippen LogP contribution in [0.15, 0.2) is 22.7 Å². The van der Waals surface area contributed by atoms with Crippen LogP contribution in [0.4, 0.5) is 5.69 Å². The van der Waals surface area contributed by atoms with Crippen molar-refractivity contribution < 1.29 is 14.7 Å². The fraction of sp³-hybridized carbons (Fsp3) is 0.429. The molecular formula is C14H15BrN2O3. The minimum atomic E-state index is -0.713. The smallest absolute Gasteiger partial charge is 0.308 e. The topological polar surface area (TPSA) is 83.6 Å². The average Bonchev–Trinajstić information content (AvgIpc) is 2.95. The van der Waals surface area contributed by atoms with Gasteiger partial charge in [0.1, 0.15) is 0 Å². The van der Waals surface area contributed by atoms with E-state index >= 15 is 0 Å². The van der Waals surface area contributed by atoms with Crippen LogP contribution < -0.4 is 10.6 Å². The van der Waals surface area contributed by atoms with Crippen LogP contribution in [0.25, 0.3) is 0 Å². The van der Waals surface area contributed by atoms with Gasteiger partial charge in [-0.3, -0.25) is 9.59 Å². The van der Waals surface area contributed by atoms with E-state index in [1.807, 2.05) is 12.1 Å². The number of carbonyl (C=O) groups excluding carboxylic acids is 1. The SMILES string of the molecule is NC(=O)c1ccc(N2C3CCC2C(C(=O)O)C3)cc1Br. The van der Waals surface area contributed by atoms with Crippen molar-refractivity contribution in [1.82, 2.24) is 0 Å². The van der Waals surface area contributed by atoms with Crippen molar-refractivity contribution in [2.45, 2.75) is 31.3 Å². The van der Waals surface area contributed by atoms with E-state index in [9.17, 15) is 14.7 Å². The highest BCUT2D eigenvalue weighted by Crippen LogP contribution is 2.45. The number of benzene rings is 1. The Hall–Kier alpha value is -1.56. The number of fused-ring (bicyclic) bond motifs is 2. The van der Waals surface area contributed by atoms with Gasteiger partial charge in [-0.1, -0.05) is 0 Å². The van der Waals surface area contributed by atoms with Gasteiger partial charge in [-0.05, 0) is 53.4 Å². The van der Waals surface area contributed by atoms with Gasteiger partial charge in [-0.2, -0.15) is 0 Å². The number of amides is 1. The van der Waals surface area contributed by atoms with Crippen molar-refractivity contribution in [1.29, 1.82) is 0 Å². The quantitative estimate of drug-likeness (QED) is 0.882. The van der Waals surface area contributed by atoms with Crippen molar-refractivity contribution in [2.24, 2.45) is 11.7 Å². The number of rotatable bonds is 3. The van der Waals surface area contributed by atoms with Gasteiger partial charge in [0.2, 0.25) is 5.91 Å². The van der Waals surface area contributed by atoms with Crippen LogP contribution in [0.2, 0.25) is 0 Å². The summed E-state index contributed by atoms with van der Waals surface area (Å²) in [5.74, 6) is -1.48. The second-order valence-corrected chi connectivity index (χ2v) is 6.27. The van der Waals surface area contributed by atoms with Crippen molar-refractivity contribution in [3.05, 3.63) is 28.2 Å². The predicted molar refractivity (Wildman–Crippen MR) is 77.7 cm³/mol. The Labute approximate surface area is 124 Å². The van der Waals surface area contributed by atoms with Gasteiger partial charge in [0.15, 0.2) is 0 Å². The summed E-state index contributed by atoms with van der Waals surface area (Å²) < 4.78 is 0.653. The number of nitrogens with zero attached hydrogens (tertiary/aromatic N) is 1. The van der Waals surface area contributed by atoms with Crippen LogP contribution in [-0.4, -0.2) is 29.1 Å². The third-order valence-electron chi connectivity index (χ3n) is 4.37. The van der Waals surface area contributed by atoms with Crippen molar-refractivity contribution in [3.8, 4) is 0 Å². The summed E-state index contributed by atoms with van der Waals surface area (Å²) in [4.78, 5) is 24.7. The number of nitrogens with two attached hydrogens (primary N) is 1. The Bertz CT molecular complexity index is 590. The monoisotopic (exact) mass is 338 g/mol. The van der Waals surface area contributed by atoms with E-state index in [-0.39, 0.29) is 18.0 Å². The van der Waals surface area contributed by atoms with E-state index in [4.69, 9.17) is 5.73 Å². The van der Waals surface area contributed by atoms with E-state index in [2.05, 4.69) is 20.8 Å². The summed E-state index contributed by atoms with van der Waals surface area (Å²) in [5, 5.41) is 9.27. The zero-order chi connectivity index (χ0) is 14.4. The standard InChI is InChI=1S/C14H15BrN2O3/c15-11-6-8(1-3-9(11)13(16)18)17-7-2-4-12(17)10(5-7)14(19)20/h1,3,6-7,10,12H,2,4-5H2,(H2,16,18)(H,19,20). The molecular weight excluding hydrogens is 324 g/mol. The molecule has 3 unspecified atom stereocenters. The molecule has 0 spiro atoms. The first-order valence-corrected chi connectivity index (χ1v) is 7.39. The molecule has 2 saturated heterocycles. The van der Waals surface area contributed by atoms with Crippen LogP contribution in [0.5, 0.6) is 0 Å². The third-order valence-corrected chi connectivity index (χ3v) is 5.03. The molecule has 2 fully saturated rings. The molecule has 0 aliphatic carbocycles. The molecule has 20 heavy (non-hydrogen) atoms. The molecule has 106 valence electrons. The van der Waals surface area contributed by atoms with Gasteiger partial charge in [-0.15, -0.1) is 0 Å². The van der Waals surface area contributed by atoms with E-state index < -0.39 is 11.9 Å². The minimum absolute atomic E-state index is 0.0591. The average molecular weight is 339 g/mol. The highest BCUT2D eigenvalue weighted by Gasteiger charge is 2.49. The lowest BCUT2D eigenvalue weighted by Crippen LogP contribution is -2.32. The van der Waals surface area contributed by atoms with Crippen LogP contribution >= 0.6 is 15.9 Å². The number of primary amides is 1. The van der Waals surface area contributed by atoms with Gasteiger partial charge in [0, 0.05) is 22.2 Å². The molecule has 3 rings (SSSR count). The molecule has 1 amide bonds.